The number of aryl methyl sites for hydroxylation is 1. The summed E-state index contributed by atoms with van der Waals surface area (Å²) in [6.45, 7) is 1.96. The minimum Gasteiger partial charge on any atom is -0.437 e. The minimum atomic E-state index is -0.174. The van der Waals surface area contributed by atoms with Crippen molar-refractivity contribution in [2.75, 3.05) is 0 Å². The normalized spacial score (nSPS) is 10.1. The largest absolute Gasteiger partial charge is 0.437 e. The van der Waals surface area contributed by atoms with Crippen LogP contribution in [0.25, 0.3) is 0 Å². The summed E-state index contributed by atoms with van der Waals surface area (Å²) in [6, 6.07) is 5.55. The summed E-state index contributed by atoms with van der Waals surface area (Å²) in [5.74, 6) is 0.678. The van der Waals surface area contributed by atoms with Crippen LogP contribution < -0.4 is 10.5 Å². The van der Waals surface area contributed by atoms with Crippen LogP contribution in [-0.4, -0.2) is 15.8 Å². The van der Waals surface area contributed by atoms with E-state index in [1.165, 1.54) is 12.4 Å². The number of benzene rings is 1. The Kier molecular flexibility index (Phi) is 3.57. The fraction of sp³-hybridized carbons (Fsp3) is 0.0833. The number of rotatable bonds is 3. The molecule has 2 aromatic rings. The lowest BCUT2D eigenvalue weighted by atomic mass is 10.2. The second-order valence-electron chi connectivity index (χ2n) is 3.64. The van der Waals surface area contributed by atoms with E-state index in [9.17, 15) is 0 Å². The van der Waals surface area contributed by atoms with Crippen molar-refractivity contribution in [2.45, 2.75) is 6.92 Å². The molecule has 0 atom stereocenters. The molecule has 1 aromatic heterocycles. The summed E-state index contributed by atoms with van der Waals surface area (Å²) in [5, 5.41) is 7.41. The Bertz CT molecular complexity index is 600. The van der Waals surface area contributed by atoms with Gasteiger partial charge in [0.1, 0.15) is 11.6 Å². The van der Waals surface area contributed by atoms with Crippen molar-refractivity contribution in [3.63, 3.8) is 0 Å². The van der Waals surface area contributed by atoms with Crippen LogP contribution in [0.5, 0.6) is 11.6 Å². The van der Waals surface area contributed by atoms with Crippen LogP contribution in [0.1, 0.15) is 11.3 Å². The number of amidine groups is 1. The van der Waals surface area contributed by atoms with Gasteiger partial charge in [0.25, 0.3) is 0 Å². The maximum Gasteiger partial charge on any atom is 0.249 e. The first-order chi connectivity index (χ1) is 8.58. The third-order valence-corrected chi connectivity index (χ3v) is 3.15. The fourth-order valence-corrected chi connectivity index (χ4v) is 1.62. The number of nitrogen functional groups attached to an aromatic ring is 1. The lowest BCUT2D eigenvalue weighted by Gasteiger charge is -2.08. The molecule has 18 heavy (non-hydrogen) atoms. The first kappa shape index (κ1) is 12.5. The van der Waals surface area contributed by atoms with Crippen molar-refractivity contribution in [1.82, 2.24) is 9.97 Å². The lowest BCUT2D eigenvalue weighted by Crippen LogP contribution is -2.15. The highest BCUT2D eigenvalue weighted by Gasteiger charge is 2.10. The molecular formula is C12H11BrN4O. The van der Waals surface area contributed by atoms with Crippen molar-refractivity contribution >= 4 is 21.8 Å². The van der Waals surface area contributed by atoms with Gasteiger partial charge in [-0.05, 0) is 30.7 Å². The number of aromatic nitrogens is 2. The second-order valence-corrected chi connectivity index (χ2v) is 4.49. The van der Waals surface area contributed by atoms with Crippen LogP contribution in [0, 0.1) is 12.3 Å². The molecule has 6 heteroatoms. The number of hydrogen-bond donors (Lipinski definition) is 2. The number of nitrogens with one attached hydrogen (secondary N) is 1. The number of nitrogens with two attached hydrogens (primary N) is 1. The molecule has 0 aliphatic rings. The van der Waals surface area contributed by atoms with Crippen LogP contribution in [0.3, 0.4) is 0 Å². The predicted octanol–water partition coefficient (Wildman–Crippen LogP) is 2.62. The van der Waals surface area contributed by atoms with E-state index in [4.69, 9.17) is 15.9 Å². The highest BCUT2D eigenvalue weighted by Crippen LogP contribution is 2.26. The first-order valence-corrected chi connectivity index (χ1v) is 5.96. The van der Waals surface area contributed by atoms with Crippen molar-refractivity contribution < 1.29 is 4.74 Å². The lowest BCUT2D eigenvalue weighted by molar-refractivity contribution is 0.458. The van der Waals surface area contributed by atoms with Crippen LogP contribution in [0.2, 0.25) is 0 Å². The molecule has 0 bridgehead atoms. The smallest absolute Gasteiger partial charge is 0.249 e. The van der Waals surface area contributed by atoms with Gasteiger partial charge in [0.2, 0.25) is 5.88 Å². The van der Waals surface area contributed by atoms with Gasteiger partial charge in [-0.2, -0.15) is 0 Å². The molecule has 0 aliphatic heterocycles. The van der Waals surface area contributed by atoms with E-state index in [0.717, 1.165) is 10.0 Å². The Balaban J connectivity index is 2.34. The van der Waals surface area contributed by atoms with Crippen LogP contribution >= 0.6 is 15.9 Å². The third kappa shape index (κ3) is 2.65. The van der Waals surface area contributed by atoms with Gasteiger partial charge in [-0.15, -0.1) is 0 Å². The van der Waals surface area contributed by atoms with Crippen molar-refractivity contribution in [1.29, 1.82) is 5.41 Å². The summed E-state index contributed by atoms with van der Waals surface area (Å²) in [6.07, 6.45) is 2.96. The standard InChI is InChI=1S/C12H11BrN4O/c1-7-6-8(2-3-9(7)13)18-12-10(11(14)15)16-4-5-17-12/h2-6H,1H3,(H3,14,15). The molecule has 1 heterocycles. The Morgan fingerprint density at radius 1 is 1.33 bits per heavy atom. The van der Waals surface area contributed by atoms with Crippen LogP contribution in [-0.2, 0) is 0 Å². The first-order valence-electron chi connectivity index (χ1n) is 5.17. The van der Waals surface area contributed by atoms with Crippen LogP contribution in [0.4, 0.5) is 0 Å². The Morgan fingerprint density at radius 3 is 2.72 bits per heavy atom. The molecule has 92 valence electrons. The third-order valence-electron chi connectivity index (χ3n) is 2.26. The molecule has 3 N–H and O–H groups in total. The summed E-state index contributed by atoms with van der Waals surface area (Å²) in [4.78, 5) is 8.00. The Morgan fingerprint density at radius 2 is 2.06 bits per heavy atom. The molecule has 0 fully saturated rings. The van der Waals surface area contributed by atoms with E-state index in [1.54, 1.807) is 6.07 Å². The molecule has 0 aliphatic carbocycles. The molecule has 1 aromatic carbocycles. The maximum atomic E-state index is 7.41. The van der Waals surface area contributed by atoms with Crippen molar-refractivity contribution in [3.8, 4) is 11.6 Å². The van der Waals surface area contributed by atoms with Gasteiger partial charge in [-0.3, -0.25) is 5.41 Å². The average Bonchev–Trinajstić information content (AvgIpc) is 2.34. The number of nitrogens with zero attached hydrogens (tertiary/aromatic N) is 2. The minimum absolute atomic E-state index is 0.174. The summed E-state index contributed by atoms with van der Waals surface area (Å²) < 4.78 is 6.59. The van der Waals surface area contributed by atoms with Gasteiger partial charge in [-0.25, -0.2) is 9.97 Å². The van der Waals surface area contributed by atoms with E-state index in [1.807, 2.05) is 19.1 Å². The molecule has 2 rings (SSSR count). The SMILES string of the molecule is Cc1cc(Oc2nccnc2C(=N)N)ccc1Br. The zero-order valence-electron chi connectivity index (χ0n) is 9.64. The summed E-state index contributed by atoms with van der Waals surface area (Å²) >= 11 is 3.41. The molecule has 0 unspecified atom stereocenters. The van der Waals surface area contributed by atoms with E-state index in [-0.39, 0.29) is 17.4 Å². The van der Waals surface area contributed by atoms with Crippen LogP contribution in [0.15, 0.2) is 35.1 Å². The van der Waals surface area contributed by atoms with E-state index < -0.39 is 0 Å². The highest BCUT2D eigenvalue weighted by molar-refractivity contribution is 9.10. The van der Waals surface area contributed by atoms with Gasteiger partial charge >= 0.3 is 0 Å². The molecule has 0 spiro atoms. The van der Waals surface area contributed by atoms with Gasteiger partial charge < -0.3 is 10.5 Å². The quantitative estimate of drug-likeness (QED) is 0.674. The van der Waals surface area contributed by atoms with Gasteiger partial charge in [0.05, 0.1) is 0 Å². The van der Waals surface area contributed by atoms with Crippen molar-refractivity contribution in [2.24, 2.45) is 5.73 Å². The summed E-state index contributed by atoms with van der Waals surface area (Å²) in [5.41, 5.74) is 6.69. The Hall–Kier alpha value is -1.95. The highest BCUT2D eigenvalue weighted by atomic mass is 79.9. The monoisotopic (exact) mass is 306 g/mol. The zero-order chi connectivity index (χ0) is 13.1. The Labute approximate surface area is 113 Å². The fourth-order valence-electron chi connectivity index (χ4n) is 1.38. The van der Waals surface area contributed by atoms with Gasteiger partial charge in [0.15, 0.2) is 5.69 Å². The topological polar surface area (TPSA) is 84.9 Å². The van der Waals surface area contributed by atoms with E-state index in [0.29, 0.717) is 5.75 Å². The predicted molar refractivity (Wildman–Crippen MR) is 72.0 cm³/mol. The average molecular weight is 307 g/mol. The van der Waals surface area contributed by atoms with E-state index in [2.05, 4.69) is 25.9 Å². The summed E-state index contributed by atoms with van der Waals surface area (Å²) in [7, 11) is 0. The van der Waals surface area contributed by atoms with Crippen molar-refractivity contribution in [3.05, 3.63) is 46.3 Å². The molecule has 0 saturated carbocycles. The van der Waals surface area contributed by atoms with Gasteiger partial charge in [0, 0.05) is 16.9 Å². The molecule has 5 nitrogen and oxygen atoms in total. The number of ether oxygens (including phenoxy) is 1. The molecular weight excluding hydrogens is 296 g/mol. The zero-order valence-corrected chi connectivity index (χ0v) is 11.2. The molecule has 0 radical (unpaired) electrons. The molecule has 0 saturated heterocycles. The molecule has 0 amide bonds. The number of halogens is 1. The maximum absolute atomic E-state index is 7.41. The van der Waals surface area contributed by atoms with Gasteiger partial charge in [-0.1, -0.05) is 15.9 Å². The number of hydrogen-bond acceptors (Lipinski definition) is 4. The second kappa shape index (κ2) is 5.14. The van der Waals surface area contributed by atoms with E-state index >= 15 is 0 Å².